The normalized spacial score (nSPS) is 31.5. The summed E-state index contributed by atoms with van der Waals surface area (Å²) < 4.78 is 4.62. The van der Waals surface area contributed by atoms with Gasteiger partial charge in [0.1, 0.15) is 6.04 Å². The molecule has 1 aliphatic rings. The molecule has 0 amide bonds. The van der Waals surface area contributed by atoms with Gasteiger partial charge in [0, 0.05) is 0 Å². The number of esters is 1. The summed E-state index contributed by atoms with van der Waals surface area (Å²) in [5, 5.41) is 3.14. The van der Waals surface area contributed by atoms with E-state index in [1.165, 1.54) is 7.11 Å². The minimum atomic E-state index is -0.128. The molecule has 0 aromatic heterocycles. The third-order valence-corrected chi connectivity index (χ3v) is 2.15. The molecule has 1 N–H and O–H groups in total. The van der Waals surface area contributed by atoms with Crippen molar-refractivity contribution in [2.75, 3.05) is 13.7 Å². The molecule has 3 heteroatoms. The van der Waals surface area contributed by atoms with Gasteiger partial charge in [-0.2, -0.15) is 0 Å². The van der Waals surface area contributed by atoms with Crippen LogP contribution in [0.3, 0.4) is 0 Å². The van der Waals surface area contributed by atoms with Crippen molar-refractivity contribution in [2.45, 2.75) is 25.8 Å². The van der Waals surface area contributed by atoms with Crippen LogP contribution >= 0.6 is 0 Å². The smallest absolute Gasteiger partial charge is 0.322 e. The summed E-state index contributed by atoms with van der Waals surface area (Å²) in [6.07, 6.45) is 2.03. The van der Waals surface area contributed by atoms with Crippen molar-refractivity contribution in [3.05, 3.63) is 0 Å². The molecule has 2 atom stereocenters. The quantitative estimate of drug-likeness (QED) is 0.565. The first kappa shape index (κ1) is 8.53. The van der Waals surface area contributed by atoms with Crippen LogP contribution in [0.5, 0.6) is 0 Å². The second kappa shape index (κ2) is 3.72. The molecule has 0 aromatic rings. The Balaban J connectivity index is 2.33. The number of piperidine rings is 1. The fourth-order valence-corrected chi connectivity index (χ4v) is 1.34. The molecule has 0 aromatic carbocycles. The molecule has 0 saturated carbocycles. The van der Waals surface area contributed by atoms with Crippen LogP contribution in [0.4, 0.5) is 0 Å². The Hall–Kier alpha value is -0.570. The van der Waals surface area contributed by atoms with Crippen LogP contribution in [0.2, 0.25) is 0 Å². The van der Waals surface area contributed by atoms with E-state index in [1.54, 1.807) is 0 Å². The first-order valence-corrected chi connectivity index (χ1v) is 4.05. The summed E-state index contributed by atoms with van der Waals surface area (Å²) in [4.78, 5) is 11.0. The van der Waals surface area contributed by atoms with Crippen LogP contribution in [0, 0.1) is 5.92 Å². The summed E-state index contributed by atoms with van der Waals surface area (Å²) in [6.45, 7) is 3.11. The predicted molar refractivity (Wildman–Crippen MR) is 42.2 cm³/mol. The lowest BCUT2D eigenvalue weighted by Gasteiger charge is -2.25. The Bertz CT molecular complexity index is 139. The SMILES string of the molecule is COC(=O)C1CC[C@@H](C)CN1. The number of carbonyl (C=O) groups is 1. The van der Waals surface area contributed by atoms with Gasteiger partial charge in [-0.05, 0) is 25.3 Å². The van der Waals surface area contributed by atoms with E-state index in [1.807, 2.05) is 0 Å². The van der Waals surface area contributed by atoms with E-state index in [0.29, 0.717) is 5.92 Å². The van der Waals surface area contributed by atoms with Crippen molar-refractivity contribution in [3.8, 4) is 0 Å². The molecule has 1 aliphatic heterocycles. The first-order valence-electron chi connectivity index (χ1n) is 4.05. The molecule has 3 nitrogen and oxygen atoms in total. The molecule has 0 bridgehead atoms. The van der Waals surface area contributed by atoms with Crippen molar-refractivity contribution < 1.29 is 9.53 Å². The summed E-state index contributed by atoms with van der Waals surface area (Å²) in [6, 6.07) is -0.0591. The molecule has 1 saturated heterocycles. The van der Waals surface area contributed by atoms with Crippen molar-refractivity contribution in [1.82, 2.24) is 5.32 Å². The van der Waals surface area contributed by atoms with Crippen molar-refractivity contribution in [3.63, 3.8) is 0 Å². The molecule has 1 rings (SSSR count). The van der Waals surface area contributed by atoms with E-state index in [9.17, 15) is 4.79 Å². The second-order valence-corrected chi connectivity index (χ2v) is 3.17. The number of rotatable bonds is 1. The van der Waals surface area contributed by atoms with Gasteiger partial charge in [0.2, 0.25) is 0 Å². The number of hydrogen-bond donors (Lipinski definition) is 1. The number of carbonyl (C=O) groups excluding carboxylic acids is 1. The summed E-state index contributed by atoms with van der Waals surface area (Å²) in [7, 11) is 1.43. The van der Waals surface area contributed by atoms with Gasteiger partial charge >= 0.3 is 5.97 Å². The molecule has 1 unspecified atom stereocenters. The third kappa shape index (κ3) is 2.19. The zero-order chi connectivity index (χ0) is 8.27. The van der Waals surface area contributed by atoms with Gasteiger partial charge in [0.15, 0.2) is 0 Å². The highest BCUT2D eigenvalue weighted by atomic mass is 16.5. The zero-order valence-electron chi connectivity index (χ0n) is 7.09. The van der Waals surface area contributed by atoms with Crippen molar-refractivity contribution >= 4 is 5.97 Å². The average molecular weight is 157 g/mol. The van der Waals surface area contributed by atoms with Crippen molar-refractivity contribution in [2.24, 2.45) is 5.92 Å². The first-order chi connectivity index (χ1) is 5.24. The Morgan fingerprint density at radius 2 is 2.27 bits per heavy atom. The molecule has 64 valence electrons. The second-order valence-electron chi connectivity index (χ2n) is 3.17. The van der Waals surface area contributed by atoms with Gasteiger partial charge in [-0.25, -0.2) is 0 Å². The molecule has 1 fully saturated rings. The fourth-order valence-electron chi connectivity index (χ4n) is 1.34. The topological polar surface area (TPSA) is 38.3 Å². The molecular formula is C8H15NO2. The van der Waals surface area contributed by atoms with Gasteiger partial charge in [-0.3, -0.25) is 4.79 Å². The highest BCUT2D eigenvalue weighted by Gasteiger charge is 2.23. The standard InChI is InChI=1S/C8H15NO2/c1-6-3-4-7(9-5-6)8(10)11-2/h6-7,9H,3-5H2,1-2H3/t6-,7?/m1/s1. The maximum atomic E-state index is 11.0. The number of nitrogens with one attached hydrogen (secondary N) is 1. The maximum Gasteiger partial charge on any atom is 0.322 e. The van der Waals surface area contributed by atoms with Gasteiger partial charge in [0.05, 0.1) is 7.11 Å². The number of hydrogen-bond acceptors (Lipinski definition) is 3. The summed E-state index contributed by atoms with van der Waals surface area (Å²) >= 11 is 0. The predicted octanol–water partition coefficient (Wildman–Crippen LogP) is 0.547. The van der Waals surface area contributed by atoms with Crippen LogP contribution in [0.1, 0.15) is 19.8 Å². The largest absolute Gasteiger partial charge is 0.468 e. The number of methoxy groups -OCH3 is 1. The van der Waals surface area contributed by atoms with E-state index < -0.39 is 0 Å². The van der Waals surface area contributed by atoms with E-state index in [2.05, 4.69) is 17.0 Å². The monoisotopic (exact) mass is 157 g/mol. The molecule has 11 heavy (non-hydrogen) atoms. The highest BCUT2D eigenvalue weighted by molar-refractivity contribution is 5.75. The molecule has 0 radical (unpaired) electrons. The van der Waals surface area contributed by atoms with Crippen LogP contribution < -0.4 is 5.32 Å². The van der Waals surface area contributed by atoms with Crippen LogP contribution in [-0.2, 0) is 9.53 Å². The van der Waals surface area contributed by atoms with Crippen LogP contribution in [-0.4, -0.2) is 25.7 Å². The Morgan fingerprint density at radius 1 is 1.55 bits per heavy atom. The van der Waals surface area contributed by atoms with E-state index >= 15 is 0 Å². The van der Waals surface area contributed by atoms with Crippen LogP contribution in [0.25, 0.3) is 0 Å². The van der Waals surface area contributed by atoms with Gasteiger partial charge in [-0.15, -0.1) is 0 Å². The van der Waals surface area contributed by atoms with E-state index in [-0.39, 0.29) is 12.0 Å². The minimum absolute atomic E-state index is 0.0591. The Labute approximate surface area is 67.1 Å². The van der Waals surface area contributed by atoms with Crippen LogP contribution in [0.15, 0.2) is 0 Å². The van der Waals surface area contributed by atoms with Gasteiger partial charge < -0.3 is 10.1 Å². The molecule has 0 aliphatic carbocycles. The van der Waals surface area contributed by atoms with Crippen molar-refractivity contribution in [1.29, 1.82) is 0 Å². The lowest BCUT2D eigenvalue weighted by Crippen LogP contribution is -2.43. The lowest BCUT2D eigenvalue weighted by molar-refractivity contribution is -0.143. The Morgan fingerprint density at radius 3 is 2.73 bits per heavy atom. The van der Waals surface area contributed by atoms with Gasteiger partial charge in [0.25, 0.3) is 0 Å². The van der Waals surface area contributed by atoms with Gasteiger partial charge in [-0.1, -0.05) is 6.92 Å². The molecule has 0 spiro atoms. The molecular weight excluding hydrogens is 142 g/mol. The zero-order valence-corrected chi connectivity index (χ0v) is 7.09. The van der Waals surface area contributed by atoms with E-state index in [4.69, 9.17) is 0 Å². The highest BCUT2D eigenvalue weighted by Crippen LogP contribution is 2.13. The Kier molecular flexibility index (Phi) is 2.88. The summed E-state index contributed by atoms with van der Waals surface area (Å²) in [5.74, 6) is 0.563. The third-order valence-electron chi connectivity index (χ3n) is 2.15. The number of ether oxygens (including phenoxy) is 1. The lowest BCUT2D eigenvalue weighted by atomic mass is 9.97. The summed E-state index contributed by atoms with van der Waals surface area (Å²) in [5.41, 5.74) is 0. The fraction of sp³-hybridized carbons (Fsp3) is 0.875. The maximum absolute atomic E-state index is 11.0. The molecule has 1 heterocycles. The average Bonchev–Trinajstić information content (AvgIpc) is 2.05. The minimum Gasteiger partial charge on any atom is -0.468 e. The van der Waals surface area contributed by atoms with E-state index in [0.717, 1.165) is 19.4 Å².